The minimum atomic E-state index is -1.13. The number of carbonyl (C=O) groups excluding carboxylic acids is 1. The summed E-state index contributed by atoms with van der Waals surface area (Å²) >= 11 is 11.8. The molecule has 0 spiro atoms. The minimum Gasteiger partial charge on any atom is -0.480 e. The number of ether oxygens (including phenoxy) is 1. The molecule has 0 fully saturated rings. The maximum Gasteiger partial charge on any atom is 0.410 e. The van der Waals surface area contributed by atoms with Crippen LogP contribution in [0.5, 0.6) is 0 Å². The lowest BCUT2D eigenvalue weighted by Crippen LogP contribution is -2.46. The molecular formula is C15H19Cl2NO4. The first kappa shape index (κ1) is 18.6. The van der Waals surface area contributed by atoms with Crippen LogP contribution in [0.25, 0.3) is 0 Å². The molecule has 0 aromatic heterocycles. The number of carboxylic acid groups (broad SMARTS) is 1. The van der Waals surface area contributed by atoms with Crippen molar-refractivity contribution in [2.45, 2.75) is 38.8 Å². The standard InChI is InChI=1S/C15H19Cl2NO4/c1-15(2,3)22-14(21)18(4)12(13(19)20)8-9-5-6-10(16)11(17)7-9/h5-7,12H,8H2,1-4H3,(H,19,20)/t12-/m0/s1. The predicted octanol–water partition coefficient (Wildman–Crippen LogP) is 3.86. The van der Waals surface area contributed by atoms with Crippen LogP contribution in [0.1, 0.15) is 26.3 Å². The number of carbonyl (C=O) groups is 2. The van der Waals surface area contributed by atoms with Gasteiger partial charge in [-0.25, -0.2) is 9.59 Å². The molecule has 22 heavy (non-hydrogen) atoms. The SMILES string of the molecule is CN(C(=O)OC(C)(C)C)[C@@H](Cc1ccc(Cl)c(Cl)c1)C(=O)O. The summed E-state index contributed by atoms with van der Waals surface area (Å²) in [5.41, 5.74) is -0.0324. The Morgan fingerprint density at radius 1 is 1.27 bits per heavy atom. The van der Waals surface area contributed by atoms with E-state index >= 15 is 0 Å². The van der Waals surface area contributed by atoms with E-state index in [1.165, 1.54) is 7.05 Å². The van der Waals surface area contributed by atoms with Crippen LogP contribution in [-0.4, -0.2) is 40.8 Å². The van der Waals surface area contributed by atoms with Gasteiger partial charge in [0.2, 0.25) is 0 Å². The van der Waals surface area contributed by atoms with Crippen LogP contribution < -0.4 is 0 Å². The van der Waals surface area contributed by atoms with E-state index in [-0.39, 0.29) is 6.42 Å². The molecule has 1 N–H and O–H groups in total. The largest absolute Gasteiger partial charge is 0.480 e. The summed E-state index contributed by atoms with van der Waals surface area (Å²) < 4.78 is 5.19. The summed E-state index contributed by atoms with van der Waals surface area (Å²) in [4.78, 5) is 24.5. The van der Waals surface area contributed by atoms with Gasteiger partial charge in [0, 0.05) is 13.5 Å². The Morgan fingerprint density at radius 2 is 1.86 bits per heavy atom. The zero-order valence-corrected chi connectivity index (χ0v) is 14.4. The van der Waals surface area contributed by atoms with Gasteiger partial charge in [-0.2, -0.15) is 0 Å². The van der Waals surface area contributed by atoms with Gasteiger partial charge in [0.25, 0.3) is 0 Å². The molecule has 0 saturated carbocycles. The summed E-state index contributed by atoms with van der Waals surface area (Å²) in [6, 6.07) is 3.79. The van der Waals surface area contributed by atoms with Gasteiger partial charge in [-0.1, -0.05) is 29.3 Å². The lowest BCUT2D eigenvalue weighted by molar-refractivity contribution is -0.142. The van der Waals surface area contributed by atoms with E-state index in [0.29, 0.717) is 15.6 Å². The van der Waals surface area contributed by atoms with Crippen molar-refractivity contribution in [3.8, 4) is 0 Å². The molecule has 0 saturated heterocycles. The third kappa shape index (κ3) is 5.39. The Hall–Kier alpha value is -1.46. The van der Waals surface area contributed by atoms with E-state index in [1.54, 1.807) is 39.0 Å². The summed E-state index contributed by atoms with van der Waals surface area (Å²) in [7, 11) is 1.39. The lowest BCUT2D eigenvalue weighted by Gasteiger charge is -2.28. The molecule has 0 radical (unpaired) electrons. The van der Waals surface area contributed by atoms with Crippen LogP contribution >= 0.6 is 23.2 Å². The summed E-state index contributed by atoms with van der Waals surface area (Å²) in [5, 5.41) is 10.1. The van der Waals surface area contributed by atoms with Crippen LogP contribution in [0.15, 0.2) is 18.2 Å². The number of halogens is 2. The van der Waals surface area contributed by atoms with Gasteiger partial charge in [0.1, 0.15) is 11.6 Å². The Kier molecular flexibility index (Phi) is 6.08. The molecule has 5 nitrogen and oxygen atoms in total. The highest BCUT2D eigenvalue weighted by Gasteiger charge is 2.30. The van der Waals surface area contributed by atoms with Crippen molar-refractivity contribution in [3.63, 3.8) is 0 Å². The number of carboxylic acids is 1. The number of rotatable bonds is 4. The number of nitrogens with zero attached hydrogens (tertiary/aromatic N) is 1. The number of aliphatic carboxylic acids is 1. The quantitative estimate of drug-likeness (QED) is 0.897. The molecule has 7 heteroatoms. The van der Waals surface area contributed by atoms with E-state index in [4.69, 9.17) is 27.9 Å². The van der Waals surface area contributed by atoms with Gasteiger partial charge in [0.05, 0.1) is 10.0 Å². The average Bonchev–Trinajstić information content (AvgIpc) is 2.36. The molecule has 0 bridgehead atoms. The van der Waals surface area contributed by atoms with Crippen LogP contribution in [0, 0.1) is 0 Å². The first-order chi connectivity index (χ1) is 10.0. The highest BCUT2D eigenvalue weighted by atomic mass is 35.5. The van der Waals surface area contributed by atoms with Crippen molar-refractivity contribution in [1.82, 2.24) is 4.90 Å². The van der Waals surface area contributed by atoms with Crippen molar-refractivity contribution < 1.29 is 19.4 Å². The van der Waals surface area contributed by atoms with Crippen molar-refractivity contribution in [3.05, 3.63) is 33.8 Å². The molecular weight excluding hydrogens is 329 g/mol. The fraction of sp³-hybridized carbons (Fsp3) is 0.467. The second-order valence-corrected chi connectivity index (χ2v) is 6.71. The second-order valence-electron chi connectivity index (χ2n) is 5.90. The fourth-order valence-corrected chi connectivity index (χ4v) is 2.06. The maximum atomic E-state index is 12.0. The van der Waals surface area contributed by atoms with Crippen molar-refractivity contribution in [2.24, 2.45) is 0 Å². The summed E-state index contributed by atoms with van der Waals surface area (Å²) in [6.07, 6.45) is -0.595. The molecule has 1 amide bonds. The zero-order valence-electron chi connectivity index (χ0n) is 12.9. The van der Waals surface area contributed by atoms with Crippen LogP contribution in [0.4, 0.5) is 4.79 Å². The molecule has 0 aliphatic heterocycles. The number of hydrogen-bond donors (Lipinski definition) is 1. The Balaban J connectivity index is 2.91. The average molecular weight is 348 g/mol. The van der Waals surface area contributed by atoms with Crippen molar-refractivity contribution in [1.29, 1.82) is 0 Å². The van der Waals surface area contributed by atoms with E-state index in [0.717, 1.165) is 4.90 Å². The van der Waals surface area contributed by atoms with Gasteiger partial charge in [0.15, 0.2) is 0 Å². The Labute approximate surface area is 139 Å². The molecule has 0 unspecified atom stereocenters. The number of hydrogen-bond acceptors (Lipinski definition) is 3. The Morgan fingerprint density at radius 3 is 2.32 bits per heavy atom. The van der Waals surface area contributed by atoms with E-state index in [9.17, 15) is 14.7 Å². The topological polar surface area (TPSA) is 66.8 Å². The van der Waals surface area contributed by atoms with Crippen molar-refractivity contribution in [2.75, 3.05) is 7.05 Å². The van der Waals surface area contributed by atoms with Gasteiger partial charge in [-0.05, 0) is 38.5 Å². The number of amides is 1. The van der Waals surface area contributed by atoms with Gasteiger partial charge in [-0.3, -0.25) is 4.90 Å². The van der Waals surface area contributed by atoms with E-state index in [2.05, 4.69) is 0 Å². The van der Waals surface area contributed by atoms with E-state index in [1.807, 2.05) is 0 Å². The minimum absolute atomic E-state index is 0.0992. The third-order valence-corrected chi connectivity index (χ3v) is 3.59. The van der Waals surface area contributed by atoms with Crippen LogP contribution in [0.2, 0.25) is 10.0 Å². The fourth-order valence-electron chi connectivity index (χ4n) is 1.74. The molecule has 1 atom stereocenters. The molecule has 1 rings (SSSR count). The summed E-state index contributed by atoms with van der Waals surface area (Å²) in [6.45, 7) is 5.15. The molecule has 1 aromatic rings. The van der Waals surface area contributed by atoms with Gasteiger partial charge < -0.3 is 9.84 Å². The zero-order chi connectivity index (χ0) is 17.1. The van der Waals surface area contributed by atoms with Crippen molar-refractivity contribution >= 4 is 35.3 Å². The summed E-state index contributed by atoms with van der Waals surface area (Å²) in [5.74, 6) is -1.13. The third-order valence-electron chi connectivity index (χ3n) is 2.85. The first-order valence-electron chi connectivity index (χ1n) is 6.64. The highest BCUT2D eigenvalue weighted by molar-refractivity contribution is 6.42. The highest BCUT2D eigenvalue weighted by Crippen LogP contribution is 2.24. The second kappa shape index (κ2) is 7.20. The smallest absolute Gasteiger partial charge is 0.410 e. The molecule has 0 aliphatic carbocycles. The predicted molar refractivity (Wildman–Crippen MR) is 85.6 cm³/mol. The lowest BCUT2D eigenvalue weighted by atomic mass is 10.1. The Bertz CT molecular complexity index is 569. The van der Waals surface area contributed by atoms with Crippen LogP contribution in [0.3, 0.4) is 0 Å². The maximum absolute atomic E-state index is 12.0. The number of likely N-dealkylation sites (N-methyl/N-ethyl adjacent to an activating group) is 1. The molecule has 122 valence electrons. The monoisotopic (exact) mass is 347 g/mol. The van der Waals surface area contributed by atoms with Gasteiger partial charge >= 0.3 is 12.1 Å². The van der Waals surface area contributed by atoms with Gasteiger partial charge in [-0.15, -0.1) is 0 Å². The number of benzene rings is 1. The molecule has 0 aliphatic rings. The molecule has 0 heterocycles. The normalized spacial score (nSPS) is 12.6. The first-order valence-corrected chi connectivity index (χ1v) is 7.39. The molecule has 1 aromatic carbocycles. The van der Waals surface area contributed by atoms with E-state index < -0.39 is 23.7 Å². The van der Waals surface area contributed by atoms with Crippen LogP contribution in [-0.2, 0) is 16.0 Å².